The number of carbonyl (C=O) groups is 1. The van der Waals surface area contributed by atoms with Crippen LogP contribution in [0.5, 0.6) is 0 Å². The van der Waals surface area contributed by atoms with Gasteiger partial charge in [-0.1, -0.05) is 53.2 Å². The van der Waals surface area contributed by atoms with Crippen LogP contribution >= 0.6 is 35.0 Å². The number of halogens is 2. The molecule has 1 heterocycles. The molecule has 0 aliphatic carbocycles. The highest BCUT2D eigenvalue weighted by atomic mass is 35.5. The molecular formula is C22H16Cl2N4OS. The van der Waals surface area contributed by atoms with E-state index in [4.69, 9.17) is 23.2 Å². The molecule has 0 atom stereocenters. The Labute approximate surface area is 188 Å². The molecule has 1 N–H and O–H groups in total. The summed E-state index contributed by atoms with van der Waals surface area (Å²) < 4.78 is 1.90. The molecule has 3 aromatic carbocycles. The summed E-state index contributed by atoms with van der Waals surface area (Å²) in [5.74, 6) is 0.728. The molecule has 0 aliphatic rings. The lowest BCUT2D eigenvalue weighted by Gasteiger charge is -2.11. The van der Waals surface area contributed by atoms with E-state index < -0.39 is 0 Å². The van der Waals surface area contributed by atoms with Crippen LogP contribution in [0.1, 0.15) is 0 Å². The minimum Gasteiger partial charge on any atom is -0.325 e. The molecule has 0 saturated carbocycles. The van der Waals surface area contributed by atoms with Crippen LogP contribution in [0.2, 0.25) is 10.0 Å². The predicted molar refractivity (Wildman–Crippen MR) is 123 cm³/mol. The number of amides is 1. The fourth-order valence-corrected chi connectivity index (χ4v) is 3.82. The van der Waals surface area contributed by atoms with E-state index in [0.717, 1.165) is 16.9 Å². The van der Waals surface area contributed by atoms with Crippen LogP contribution in [0, 0.1) is 0 Å². The van der Waals surface area contributed by atoms with Gasteiger partial charge in [-0.05, 0) is 60.7 Å². The Hall–Kier alpha value is -2.80. The van der Waals surface area contributed by atoms with Gasteiger partial charge in [-0.2, -0.15) is 0 Å². The second-order valence-corrected chi connectivity index (χ2v) is 8.14. The number of benzene rings is 3. The minimum atomic E-state index is -0.120. The van der Waals surface area contributed by atoms with Crippen molar-refractivity contribution in [1.29, 1.82) is 0 Å². The molecule has 0 fully saturated rings. The third-order valence-corrected chi connectivity index (χ3v) is 5.64. The number of anilines is 1. The Bertz CT molecular complexity index is 1150. The van der Waals surface area contributed by atoms with E-state index in [1.54, 1.807) is 24.3 Å². The molecular weight excluding hydrogens is 439 g/mol. The monoisotopic (exact) mass is 454 g/mol. The van der Waals surface area contributed by atoms with Crippen molar-refractivity contribution in [2.75, 3.05) is 11.1 Å². The number of hydrogen-bond donors (Lipinski definition) is 1. The van der Waals surface area contributed by atoms with Crippen molar-refractivity contribution >= 4 is 46.6 Å². The smallest absolute Gasteiger partial charge is 0.234 e. The van der Waals surface area contributed by atoms with Crippen molar-refractivity contribution in [3.8, 4) is 17.1 Å². The molecule has 1 aromatic heterocycles. The van der Waals surface area contributed by atoms with E-state index in [9.17, 15) is 4.79 Å². The summed E-state index contributed by atoms with van der Waals surface area (Å²) >= 11 is 13.4. The third kappa shape index (κ3) is 4.84. The number of nitrogens with one attached hydrogen (secondary N) is 1. The van der Waals surface area contributed by atoms with Crippen LogP contribution in [0.25, 0.3) is 17.1 Å². The molecule has 5 nitrogen and oxygen atoms in total. The summed E-state index contributed by atoms with van der Waals surface area (Å²) in [6.45, 7) is 0. The van der Waals surface area contributed by atoms with Crippen LogP contribution in [-0.4, -0.2) is 26.4 Å². The highest BCUT2D eigenvalue weighted by molar-refractivity contribution is 7.99. The van der Waals surface area contributed by atoms with Gasteiger partial charge in [0, 0.05) is 27.0 Å². The molecule has 0 unspecified atom stereocenters. The summed E-state index contributed by atoms with van der Waals surface area (Å²) in [4.78, 5) is 12.4. The summed E-state index contributed by atoms with van der Waals surface area (Å²) in [7, 11) is 0. The normalized spacial score (nSPS) is 10.7. The first-order valence-corrected chi connectivity index (χ1v) is 10.8. The zero-order valence-corrected chi connectivity index (χ0v) is 18.0. The lowest BCUT2D eigenvalue weighted by molar-refractivity contribution is -0.113. The summed E-state index contributed by atoms with van der Waals surface area (Å²) in [6.07, 6.45) is 0. The number of carbonyl (C=O) groups excluding carboxylic acids is 1. The number of nitrogens with zero attached hydrogens (tertiary/aromatic N) is 3. The Morgan fingerprint density at radius 2 is 1.50 bits per heavy atom. The lowest BCUT2D eigenvalue weighted by Crippen LogP contribution is -2.14. The molecule has 0 saturated heterocycles. The Kier molecular flexibility index (Phi) is 6.38. The number of hydrogen-bond acceptors (Lipinski definition) is 4. The van der Waals surface area contributed by atoms with Gasteiger partial charge < -0.3 is 5.32 Å². The average molecular weight is 455 g/mol. The SMILES string of the molecule is O=C(CSc1nnc(-c2ccc(Cl)cc2)n1-c1ccc(Cl)cc1)Nc1ccccc1. The lowest BCUT2D eigenvalue weighted by atomic mass is 10.2. The van der Waals surface area contributed by atoms with Crippen molar-refractivity contribution in [2.24, 2.45) is 0 Å². The number of para-hydroxylation sites is 1. The van der Waals surface area contributed by atoms with Crippen molar-refractivity contribution in [3.05, 3.63) is 88.9 Å². The molecule has 0 spiro atoms. The van der Waals surface area contributed by atoms with Gasteiger partial charge in [-0.15, -0.1) is 10.2 Å². The van der Waals surface area contributed by atoms with E-state index in [1.165, 1.54) is 11.8 Å². The molecule has 0 radical (unpaired) electrons. The second-order valence-electron chi connectivity index (χ2n) is 6.33. The molecule has 0 aliphatic heterocycles. The zero-order chi connectivity index (χ0) is 20.9. The quantitative estimate of drug-likeness (QED) is 0.364. The van der Waals surface area contributed by atoms with Crippen LogP contribution in [0.3, 0.4) is 0 Å². The van der Waals surface area contributed by atoms with Gasteiger partial charge in [-0.3, -0.25) is 9.36 Å². The molecule has 4 rings (SSSR count). The maximum absolute atomic E-state index is 12.4. The van der Waals surface area contributed by atoms with E-state index in [0.29, 0.717) is 21.0 Å². The Morgan fingerprint density at radius 1 is 0.867 bits per heavy atom. The molecule has 150 valence electrons. The Morgan fingerprint density at radius 3 is 2.17 bits per heavy atom. The fraction of sp³-hybridized carbons (Fsp3) is 0.0455. The van der Waals surface area contributed by atoms with Crippen LogP contribution < -0.4 is 5.32 Å². The molecule has 4 aromatic rings. The van der Waals surface area contributed by atoms with E-state index in [-0.39, 0.29) is 11.7 Å². The van der Waals surface area contributed by atoms with Gasteiger partial charge in [0.1, 0.15) is 0 Å². The van der Waals surface area contributed by atoms with Gasteiger partial charge >= 0.3 is 0 Å². The summed E-state index contributed by atoms with van der Waals surface area (Å²) in [5, 5.41) is 13.4. The first kappa shape index (κ1) is 20.5. The number of rotatable bonds is 6. The van der Waals surface area contributed by atoms with Crippen molar-refractivity contribution < 1.29 is 4.79 Å². The van der Waals surface area contributed by atoms with Crippen LogP contribution in [0.4, 0.5) is 5.69 Å². The van der Waals surface area contributed by atoms with Gasteiger partial charge in [0.15, 0.2) is 11.0 Å². The highest BCUT2D eigenvalue weighted by Crippen LogP contribution is 2.29. The topological polar surface area (TPSA) is 59.8 Å². The predicted octanol–water partition coefficient (Wildman–Crippen LogP) is 5.97. The van der Waals surface area contributed by atoms with E-state index in [1.807, 2.05) is 59.2 Å². The molecule has 1 amide bonds. The van der Waals surface area contributed by atoms with E-state index in [2.05, 4.69) is 15.5 Å². The van der Waals surface area contributed by atoms with Gasteiger partial charge in [0.25, 0.3) is 0 Å². The second kappa shape index (κ2) is 9.34. The summed E-state index contributed by atoms with van der Waals surface area (Å²) in [5.41, 5.74) is 2.46. The third-order valence-electron chi connectivity index (χ3n) is 4.21. The summed E-state index contributed by atoms with van der Waals surface area (Å²) in [6, 6.07) is 24.1. The zero-order valence-electron chi connectivity index (χ0n) is 15.6. The minimum absolute atomic E-state index is 0.120. The van der Waals surface area contributed by atoms with Crippen molar-refractivity contribution in [3.63, 3.8) is 0 Å². The van der Waals surface area contributed by atoms with Crippen molar-refractivity contribution in [2.45, 2.75) is 5.16 Å². The Balaban J connectivity index is 1.61. The molecule has 0 bridgehead atoms. The standard InChI is InChI=1S/C22H16Cl2N4OS/c23-16-8-6-15(7-9-16)21-26-27-22(28(21)19-12-10-17(24)11-13-19)30-14-20(29)25-18-4-2-1-3-5-18/h1-13H,14H2,(H,25,29). The maximum Gasteiger partial charge on any atom is 0.234 e. The maximum atomic E-state index is 12.4. The average Bonchev–Trinajstić information content (AvgIpc) is 3.18. The van der Waals surface area contributed by atoms with Gasteiger partial charge in [0.05, 0.1) is 5.75 Å². The van der Waals surface area contributed by atoms with Crippen LogP contribution in [-0.2, 0) is 4.79 Å². The molecule has 30 heavy (non-hydrogen) atoms. The van der Waals surface area contributed by atoms with Gasteiger partial charge in [-0.25, -0.2) is 0 Å². The molecule has 8 heteroatoms. The first-order chi connectivity index (χ1) is 14.6. The number of aromatic nitrogens is 3. The number of thioether (sulfide) groups is 1. The highest BCUT2D eigenvalue weighted by Gasteiger charge is 2.17. The van der Waals surface area contributed by atoms with Crippen molar-refractivity contribution in [1.82, 2.24) is 14.8 Å². The van der Waals surface area contributed by atoms with Crippen LogP contribution in [0.15, 0.2) is 84.0 Å². The first-order valence-electron chi connectivity index (χ1n) is 9.05. The van der Waals surface area contributed by atoms with E-state index >= 15 is 0 Å². The largest absolute Gasteiger partial charge is 0.325 e. The van der Waals surface area contributed by atoms with Gasteiger partial charge in [0.2, 0.25) is 5.91 Å². The fourth-order valence-electron chi connectivity index (χ4n) is 2.82.